The molecule has 6 heteroatoms. The van der Waals surface area contributed by atoms with Crippen LogP contribution in [-0.4, -0.2) is 31.2 Å². The smallest absolute Gasteiger partial charge is 0.292 e. The summed E-state index contributed by atoms with van der Waals surface area (Å²) in [5.74, 6) is 0.895. The molecule has 0 heterocycles. The highest BCUT2D eigenvalue weighted by molar-refractivity contribution is 6.17. The number of rotatable bonds is 8. The van der Waals surface area contributed by atoms with E-state index in [1.807, 2.05) is 12.1 Å². The molecule has 1 aromatic rings. The van der Waals surface area contributed by atoms with Crippen LogP contribution in [-0.2, 0) is 10.6 Å². The zero-order chi connectivity index (χ0) is 15.4. The van der Waals surface area contributed by atoms with E-state index in [-0.39, 0.29) is 22.5 Å². The molecule has 1 aliphatic carbocycles. The summed E-state index contributed by atoms with van der Waals surface area (Å²) in [6.07, 6.45) is 2.39. The van der Waals surface area contributed by atoms with Crippen LogP contribution in [0.1, 0.15) is 25.3 Å². The van der Waals surface area contributed by atoms with E-state index in [0.29, 0.717) is 24.8 Å². The molecule has 1 unspecified atom stereocenters. The van der Waals surface area contributed by atoms with Crippen LogP contribution in [0, 0.1) is 16.0 Å². The molecular formula is C15H21ClN2O3. The van der Waals surface area contributed by atoms with E-state index in [1.54, 1.807) is 13.2 Å². The maximum Gasteiger partial charge on any atom is 0.292 e. The van der Waals surface area contributed by atoms with Crippen LogP contribution in [0.25, 0.3) is 0 Å². The lowest BCUT2D eigenvalue weighted by Crippen LogP contribution is -2.37. The molecule has 5 nitrogen and oxygen atoms in total. The molecule has 0 N–H and O–H groups in total. The number of nitro groups is 1. The third-order valence-corrected chi connectivity index (χ3v) is 4.34. The van der Waals surface area contributed by atoms with E-state index in [0.717, 1.165) is 5.56 Å². The van der Waals surface area contributed by atoms with Crippen LogP contribution in [0.2, 0.25) is 0 Å². The molecule has 1 saturated carbocycles. The Bertz CT molecular complexity index is 506. The van der Waals surface area contributed by atoms with Crippen LogP contribution in [0.15, 0.2) is 18.2 Å². The Labute approximate surface area is 130 Å². The molecule has 2 rings (SSSR count). The molecule has 1 aromatic carbocycles. The first kappa shape index (κ1) is 16.0. The fourth-order valence-electron chi connectivity index (χ4n) is 2.61. The molecule has 0 radical (unpaired) electrons. The zero-order valence-electron chi connectivity index (χ0n) is 12.4. The van der Waals surface area contributed by atoms with Crippen LogP contribution in [0.5, 0.6) is 0 Å². The number of benzene rings is 1. The van der Waals surface area contributed by atoms with Crippen molar-refractivity contribution in [3.63, 3.8) is 0 Å². The lowest BCUT2D eigenvalue weighted by Gasteiger charge is -2.31. The Balaban J connectivity index is 2.35. The van der Waals surface area contributed by atoms with Gasteiger partial charge in [-0.2, -0.15) is 0 Å². The number of hydrogen-bond acceptors (Lipinski definition) is 4. The van der Waals surface area contributed by atoms with Crippen molar-refractivity contribution >= 4 is 23.0 Å². The second kappa shape index (κ2) is 7.09. The topological polar surface area (TPSA) is 55.6 Å². The number of nitrogens with zero attached hydrogens (tertiary/aromatic N) is 2. The Hall–Kier alpha value is -1.33. The fourth-order valence-corrected chi connectivity index (χ4v) is 2.77. The van der Waals surface area contributed by atoms with Crippen molar-refractivity contribution in [1.29, 1.82) is 0 Å². The molecule has 0 saturated heterocycles. The van der Waals surface area contributed by atoms with Gasteiger partial charge >= 0.3 is 0 Å². The predicted molar refractivity (Wildman–Crippen MR) is 84.1 cm³/mol. The second-order valence-corrected chi connectivity index (χ2v) is 5.75. The summed E-state index contributed by atoms with van der Waals surface area (Å²) in [6, 6.07) is 5.52. The van der Waals surface area contributed by atoms with Gasteiger partial charge in [-0.3, -0.25) is 10.1 Å². The quantitative estimate of drug-likeness (QED) is 0.418. The monoisotopic (exact) mass is 312 g/mol. The zero-order valence-corrected chi connectivity index (χ0v) is 13.2. The SMILES string of the molecule is COCCN(c1ccc(CCl)cc1[N+](=O)[O-])C(C)C1CC1. The van der Waals surface area contributed by atoms with E-state index in [1.165, 1.54) is 12.8 Å². The molecule has 1 fully saturated rings. The lowest BCUT2D eigenvalue weighted by molar-refractivity contribution is -0.384. The summed E-state index contributed by atoms with van der Waals surface area (Å²) in [5, 5.41) is 11.4. The minimum absolute atomic E-state index is 0.122. The number of hydrogen-bond donors (Lipinski definition) is 0. The Morgan fingerprint density at radius 1 is 1.52 bits per heavy atom. The normalized spacial score (nSPS) is 15.8. The number of alkyl halides is 1. The van der Waals surface area contributed by atoms with Crippen molar-refractivity contribution in [2.24, 2.45) is 5.92 Å². The van der Waals surface area contributed by atoms with Crippen molar-refractivity contribution in [2.75, 3.05) is 25.2 Å². The summed E-state index contributed by atoms with van der Waals surface area (Å²) in [4.78, 5) is 13.1. The fraction of sp³-hybridized carbons (Fsp3) is 0.600. The van der Waals surface area contributed by atoms with Crippen molar-refractivity contribution in [3.05, 3.63) is 33.9 Å². The van der Waals surface area contributed by atoms with Gasteiger partial charge in [-0.1, -0.05) is 6.07 Å². The summed E-state index contributed by atoms with van der Waals surface area (Å²) >= 11 is 5.79. The number of halogens is 1. The van der Waals surface area contributed by atoms with E-state index >= 15 is 0 Å². The Morgan fingerprint density at radius 3 is 2.76 bits per heavy atom. The summed E-state index contributed by atoms with van der Waals surface area (Å²) in [6.45, 7) is 3.33. The largest absolute Gasteiger partial charge is 0.383 e. The second-order valence-electron chi connectivity index (χ2n) is 5.48. The third-order valence-electron chi connectivity index (χ3n) is 4.03. The first-order chi connectivity index (χ1) is 10.1. The third kappa shape index (κ3) is 3.86. The van der Waals surface area contributed by atoms with Gasteiger partial charge in [-0.25, -0.2) is 0 Å². The van der Waals surface area contributed by atoms with Crippen LogP contribution in [0.3, 0.4) is 0 Å². The van der Waals surface area contributed by atoms with E-state index in [2.05, 4.69) is 11.8 Å². The molecule has 0 amide bonds. The van der Waals surface area contributed by atoms with E-state index in [9.17, 15) is 10.1 Å². The van der Waals surface area contributed by atoms with Crippen molar-refractivity contribution in [2.45, 2.75) is 31.7 Å². The molecule has 0 aliphatic heterocycles. The van der Waals surface area contributed by atoms with Gasteiger partial charge in [0.25, 0.3) is 5.69 Å². The highest BCUT2D eigenvalue weighted by Gasteiger charge is 2.34. The first-order valence-corrected chi connectivity index (χ1v) is 7.70. The minimum Gasteiger partial charge on any atom is -0.383 e. The van der Waals surface area contributed by atoms with E-state index in [4.69, 9.17) is 16.3 Å². The Morgan fingerprint density at radius 2 is 2.24 bits per heavy atom. The highest BCUT2D eigenvalue weighted by Crippen LogP contribution is 2.39. The summed E-state index contributed by atoms with van der Waals surface area (Å²) < 4.78 is 5.16. The highest BCUT2D eigenvalue weighted by atomic mass is 35.5. The molecule has 0 spiro atoms. The van der Waals surface area contributed by atoms with Crippen molar-refractivity contribution in [1.82, 2.24) is 0 Å². The maximum atomic E-state index is 11.4. The van der Waals surface area contributed by atoms with Gasteiger partial charge in [-0.05, 0) is 37.3 Å². The van der Waals surface area contributed by atoms with Gasteiger partial charge in [0.1, 0.15) is 5.69 Å². The van der Waals surface area contributed by atoms with Gasteiger partial charge in [0.05, 0.1) is 11.5 Å². The van der Waals surface area contributed by atoms with Crippen LogP contribution in [0.4, 0.5) is 11.4 Å². The Kier molecular flexibility index (Phi) is 5.42. The minimum atomic E-state index is -0.329. The van der Waals surface area contributed by atoms with Gasteiger partial charge in [0.15, 0.2) is 0 Å². The molecule has 116 valence electrons. The van der Waals surface area contributed by atoms with Gasteiger partial charge < -0.3 is 9.64 Å². The first-order valence-electron chi connectivity index (χ1n) is 7.17. The standard InChI is InChI=1S/C15H21ClN2O3/c1-11(13-4-5-13)17(7-8-21-2)14-6-3-12(10-16)9-15(14)18(19)20/h3,6,9,11,13H,4-5,7-8,10H2,1-2H3. The summed E-state index contributed by atoms with van der Waals surface area (Å²) in [7, 11) is 1.64. The lowest BCUT2D eigenvalue weighted by atomic mass is 10.1. The van der Waals surface area contributed by atoms with Crippen molar-refractivity contribution in [3.8, 4) is 0 Å². The molecular weight excluding hydrogens is 292 g/mol. The molecule has 1 aliphatic rings. The number of ether oxygens (including phenoxy) is 1. The molecule has 21 heavy (non-hydrogen) atoms. The van der Waals surface area contributed by atoms with Crippen LogP contribution < -0.4 is 4.90 Å². The average Bonchev–Trinajstić information content (AvgIpc) is 3.32. The van der Waals surface area contributed by atoms with Gasteiger partial charge in [0, 0.05) is 31.6 Å². The molecule has 1 atom stereocenters. The van der Waals surface area contributed by atoms with Crippen LogP contribution >= 0.6 is 11.6 Å². The number of methoxy groups -OCH3 is 1. The van der Waals surface area contributed by atoms with Crippen molar-refractivity contribution < 1.29 is 9.66 Å². The predicted octanol–water partition coefficient (Wildman–Crippen LogP) is 3.58. The van der Waals surface area contributed by atoms with E-state index < -0.39 is 0 Å². The maximum absolute atomic E-state index is 11.4. The van der Waals surface area contributed by atoms with Gasteiger partial charge in [-0.15, -0.1) is 11.6 Å². The molecule has 0 bridgehead atoms. The average molecular weight is 313 g/mol. The number of nitro benzene ring substituents is 1. The number of anilines is 1. The van der Waals surface area contributed by atoms with Gasteiger partial charge in [0.2, 0.25) is 0 Å². The summed E-state index contributed by atoms with van der Waals surface area (Å²) in [5.41, 5.74) is 1.54. The molecule has 0 aromatic heterocycles.